The van der Waals surface area contributed by atoms with Crippen molar-refractivity contribution in [3.63, 3.8) is 0 Å². The second kappa shape index (κ2) is 13.0. The zero-order chi connectivity index (χ0) is 27.8. The summed E-state index contributed by atoms with van der Waals surface area (Å²) in [5.41, 5.74) is 1.81. The highest BCUT2D eigenvalue weighted by Crippen LogP contribution is 2.18. The lowest BCUT2D eigenvalue weighted by Crippen LogP contribution is -2.51. The van der Waals surface area contributed by atoms with E-state index in [1.165, 1.54) is 36.4 Å². The van der Waals surface area contributed by atoms with Gasteiger partial charge in [0.1, 0.15) is 5.82 Å². The van der Waals surface area contributed by atoms with Crippen molar-refractivity contribution in [2.75, 3.05) is 49.9 Å². The van der Waals surface area contributed by atoms with E-state index in [1.807, 2.05) is 0 Å². The molecule has 204 valence electrons. The first kappa shape index (κ1) is 27.8. The van der Waals surface area contributed by atoms with Gasteiger partial charge in [0.25, 0.3) is 5.69 Å². The quantitative estimate of drug-likeness (QED) is 0.291. The maximum absolute atomic E-state index is 13.4. The van der Waals surface area contributed by atoms with Crippen LogP contribution in [-0.2, 0) is 6.54 Å². The smallest absolute Gasteiger partial charge is 0.322 e. The van der Waals surface area contributed by atoms with Crippen LogP contribution in [0.4, 0.5) is 31.0 Å². The Morgan fingerprint density at radius 3 is 2.28 bits per heavy atom. The minimum Gasteiger partial charge on any atom is -0.322 e. The topological polar surface area (TPSA) is 111 Å². The molecule has 39 heavy (non-hydrogen) atoms. The normalized spacial score (nSPS) is 13.5. The van der Waals surface area contributed by atoms with Crippen LogP contribution < -0.4 is 10.6 Å². The molecule has 1 aliphatic heterocycles. The lowest BCUT2D eigenvalue weighted by Gasteiger charge is -2.35. The van der Waals surface area contributed by atoms with Gasteiger partial charge in [0.05, 0.1) is 4.92 Å². The summed E-state index contributed by atoms with van der Waals surface area (Å²) in [5.74, 6) is -0.343. The molecule has 2 N–H and O–H groups in total. The third kappa shape index (κ3) is 8.13. The highest BCUT2D eigenvalue weighted by molar-refractivity contribution is 6.30. The molecule has 1 fully saturated rings. The fourth-order valence-corrected chi connectivity index (χ4v) is 4.33. The number of halogens is 2. The lowest BCUT2D eigenvalue weighted by molar-refractivity contribution is -0.384. The number of non-ortho nitro benzene ring substituents is 1. The summed E-state index contributed by atoms with van der Waals surface area (Å²) in [6, 6.07) is 18.0. The van der Waals surface area contributed by atoms with Crippen LogP contribution in [0.3, 0.4) is 0 Å². The first-order chi connectivity index (χ1) is 18.8. The molecular weight excluding hydrogens is 527 g/mol. The zero-order valence-electron chi connectivity index (χ0n) is 21.1. The number of anilines is 2. The second-order valence-corrected chi connectivity index (χ2v) is 9.49. The fourth-order valence-electron chi connectivity index (χ4n) is 4.14. The molecule has 3 aromatic carbocycles. The molecule has 4 amide bonds. The summed E-state index contributed by atoms with van der Waals surface area (Å²) in [6.07, 6.45) is 0. The zero-order valence-corrected chi connectivity index (χ0v) is 21.8. The third-order valence-electron chi connectivity index (χ3n) is 6.32. The van der Waals surface area contributed by atoms with E-state index >= 15 is 0 Å². The van der Waals surface area contributed by atoms with Crippen LogP contribution >= 0.6 is 11.6 Å². The van der Waals surface area contributed by atoms with Crippen molar-refractivity contribution < 1.29 is 18.9 Å². The second-order valence-electron chi connectivity index (χ2n) is 9.05. The van der Waals surface area contributed by atoms with Crippen molar-refractivity contribution in [1.29, 1.82) is 0 Å². The van der Waals surface area contributed by atoms with Crippen LogP contribution in [0.25, 0.3) is 0 Å². The first-order valence-electron chi connectivity index (χ1n) is 12.4. The van der Waals surface area contributed by atoms with Crippen molar-refractivity contribution >= 4 is 40.7 Å². The molecule has 12 heteroatoms. The van der Waals surface area contributed by atoms with Gasteiger partial charge in [-0.2, -0.15) is 0 Å². The SMILES string of the molecule is O=C(Nc1ccc([N+](=O)[O-])cc1)N1CCN(CCN(Cc2ccc(F)cc2)C(=O)Nc2cccc(Cl)c2)CC1. The molecule has 0 spiro atoms. The van der Waals surface area contributed by atoms with E-state index in [1.54, 1.807) is 46.2 Å². The number of nitrogens with zero attached hydrogens (tertiary/aromatic N) is 4. The average Bonchev–Trinajstić information content (AvgIpc) is 2.92. The van der Waals surface area contributed by atoms with Crippen LogP contribution in [0.5, 0.6) is 0 Å². The van der Waals surface area contributed by atoms with E-state index in [-0.39, 0.29) is 23.6 Å². The van der Waals surface area contributed by atoms with Crippen molar-refractivity contribution in [2.45, 2.75) is 6.54 Å². The number of piperazine rings is 1. The Balaban J connectivity index is 1.30. The molecule has 0 aromatic heterocycles. The van der Waals surface area contributed by atoms with Gasteiger partial charge in [-0.3, -0.25) is 15.0 Å². The van der Waals surface area contributed by atoms with Crippen LogP contribution in [0, 0.1) is 15.9 Å². The molecule has 0 atom stereocenters. The molecule has 0 aliphatic carbocycles. The summed E-state index contributed by atoms with van der Waals surface area (Å²) < 4.78 is 13.4. The minimum atomic E-state index is -0.494. The Bertz CT molecular complexity index is 1300. The molecule has 1 heterocycles. The third-order valence-corrected chi connectivity index (χ3v) is 6.56. The summed E-state index contributed by atoms with van der Waals surface area (Å²) >= 11 is 6.05. The predicted octanol–water partition coefficient (Wildman–Crippen LogP) is 5.27. The van der Waals surface area contributed by atoms with Crippen LogP contribution in [-0.4, -0.2) is 71.0 Å². The molecular formula is C27H28ClFN6O4. The van der Waals surface area contributed by atoms with Gasteiger partial charge in [-0.1, -0.05) is 29.8 Å². The van der Waals surface area contributed by atoms with E-state index in [0.29, 0.717) is 62.2 Å². The Kier molecular flexibility index (Phi) is 9.29. The monoisotopic (exact) mass is 554 g/mol. The van der Waals surface area contributed by atoms with Gasteiger partial charge >= 0.3 is 12.1 Å². The highest BCUT2D eigenvalue weighted by atomic mass is 35.5. The lowest BCUT2D eigenvalue weighted by atomic mass is 10.2. The number of carbonyl (C=O) groups excluding carboxylic acids is 2. The number of urea groups is 2. The minimum absolute atomic E-state index is 0.0451. The Labute approximate surface area is 230 Å². The molecule has 3 aromatic rings. The van der Waals surface area contributed by atoms with Crippen molar-refractivity contribution in [2.24, 2.45) is 0 Å². The Morgan fingerprint density at radius 1 is 0.949 bits per heavy atom. The van der Waals surface area contributed by atoms with Gasteiger partial charge in [-0.15, -0.1) is 0 Å². The molecule has 0 bridgehead atoms. The molecule has 1 aliphatic rings. The van der Waals surface area contributed by atoms with Crippen molar-refractivity contribution in [1.82, 2.24) is 14.7 Å². The number of nitro groups is 1. The Hall–Kier alpha value is -4.22. The molecule has 0 unspecified atom stereocenters. The highest BCUT2D eigenvalue weighted by Gasteiger charge is 2.23. The van der Waals surface area contributed by atoms with Gasteiger partial charge in [-0.25, -0.2) is 14.0 Å². The van der Waals surface area contributed by atoms with Gasteiger partial charge in [-0.05, 0) is 48.0 Å². The molecule has 0 radical (unpaired) electrons. The summed E-state index contributed by atoms with van der Waals surface area (Å²) in [7, 11) is 0. The van der Waals surface area contributed by atoms with E-state index in [4.69, 9.17) is 11.6 Å². The summed E-state index contributed by atoms with van der Waals surface area (Å²) in [5, 5.41) is 16.9. The molecule has 1 saturated heterocycles. The predicted molar refractivity (Wildman–Crippen MR) is 147 cm³/mol. The van der Waals surface area contributed by atoms with Crippen LogP contribution in [0.15, 0.2) is 72.8 Å². The largest absolute Gasteiger partial charge is 0.322 e. The number of amides is 4. The van der Waals surface area contributed by atoms with Crippen LogP contribution in [0.1, 0.15) is 5.56 Å². The van der Waals surface area contributed by atoms with Gasteiger partial charge in [0.2, 0.25) is 0 Å². The van der Waals surface area contributed by atoms with Crippen LogP contribution in [0.2, 0.25) is 5.02 Å². The first-order valence-corrected chi connectivity index (χ1v) is 12.7. The molecule has 4 rings (SSSR count). The number of hydrogen-bond acceptors (Lipinski definition) is 5. The Morgan fingerprint density at radius 2 is 1.64 bits per heavy atom. The number of rotatable bonds is 8. The van der Waals surface area contributed by atoms with Gasteiger partial charge in [0, 0.05) is 74.3 Å². The number of carbonyl (C=O) groups is 2. The van der Waals surface area contributed by atoms with Gasteiger partial charge < -0.3 is 20.4 Å². The van der Waals surface area contributed by atoms with Crippen molar-refractivity contribution in [3.05, 3.63) is 99.3 Å². The number of hydrogen-bond donors (Lipinski definition) is 2. The average molecular weight is 555 g/mol. The van der Waals surface area contributed by atoms with Gasteiger partial charge in [0.15, 0.2) is 0 Å². The number of nitrogens with one attached hydrogen (secondary N) is 2. The van der Waals surface area contributed by atoms with E-state index in [2.05, 4.69) is 15.5 Å². The van der Waals surface area contributed by atoms with E-state index < -0.39 is 4.92 Å². The summed E-state index contributed by atoms with van der Waals surface area (Å²) in [4.78, 5) is 41.6. The fraction of sp³-hybridized carbons (Fsp3) is 0.259. The maximum Gasteiger partial charge on any atom is 0.322 e. The maximum atomic E-state index is 13.4. The standard InChI is InChI=1S/C27H28ClFN6O4/c28-21-2-1-3-24(18-21)31-27(37)34(19-20-4-6-22(29)7-5-20)17-14-32-12-15-33(16-13-32)26(36)30-23-8-10-25(11-9-23)35(38)39/h1-11,18H,12-17,19H2,(H,30,36)(H,31,37). The van der Waals surface area contributed by atoms with Crippen molar-refractivity contribution in [3.8, 4) is 0 Å². The number of benzene rings is 3. The molecule has 10 nitrogen and oxygen atoms in total. The number of nitro benzene ring substituents is 1. The molecule has 0 saturated carbocycles. The summed E-state index contributed by atoms with van der Waals surface area (Å²) in [6.45, 7) is 3.52. The van der Waals surface area contributed by atoms with E-state index in [0.717, 1.165) is 5.56 Å². The van der Waals surface area contributed by atoms with E-state index in [9.17, 15) is 24.1 Å².